The first-order chi connectivity index (χ1) is 14.0. The van der Waals surface area contributed by atoms with E-state index >= 15 is 0 Å². The molecular formula is C23H21ClN2O2S. The minimum Gasteiger partial charge on any atom is -0.289 e. The van der Waals surface area contributed by atoms with Gasteiger partial charge in [-0.15, -0.1) is 0 Å². The highest BCUT2D eigenvalue weighted by Gasteiger charge is 2.17. The summed E-state index contributed by atoms with van der Waals surface area (Å²) < 4.78 is 1.80. The van der Waals surface area contributed by atoms with Gasteiger partial charge < -0.3 is 0 Å². The summed E-state index contributed by atoms with van der Waals surface area (Å²) >= 11 is 7.55. The summed E-state index contributed by atoms with van der Waals surface area (Å²) in [5.41, 5.74) is 4.08. The van der Waals surface area contributed by atoms with Gasteiger partial charge in [0.1, 0.15) is 0 Å². The molecule has 2 heterocycles. The Hall–Kier alpha value is -2.37. The Bertz CT molecular complexity index is 1110. The summed E-state index contributed by atoms with van der Waals surface area (Å²) in [5.74, 6) is 0.989. The molecule has 4 nitrogen and oxygen atoms in total. The van der Waals surface area contributed by atoms with E-state index in [0.717, 1.165) is 47.1 Å². The molecule has 3 aromatic rings. The van der Waals surface area contributed by atoms with Crippen LogP contribution in [0.15, 0.2) is 58.5 Å². The van der Waals surface area contributed by atoms with Crippen LogP contribution in [0.2, 0.25) is 5.02 Å². The maximum atomic E-state index is 12.6. The van der Waals surface area contributed by atoms with Gasteiger partial charge in [-0.2, -0.15) is 0 Å². The van der Waals surface area contributed by atoms with E-state index in [2.05, 4.69) is 0 Å². The molecule has 0 saturated carbocycles. The van der Waals surface area contributed by atoms with Crippen LogP contribution in [0.4, 0.5) is 0 Å². The van der Waals surface area contributed by atoms with Crippen LogP contribution in [0.3, 0.4) is 0 Å². The predicted molar refractivity (Wildman–Crippen MR) is 117 cm³/mol. The number of thioether (sulfide) groups is 1. The Balaban J connectivity index is 1.47. The van der Waals surface area contributed by atoms with E-state index in [4.69, 9.17) is 16.6 Å². The molecule has 0 amide bonds. The molecule has 1 aliphatic heterocycles. The van der Waals surface area contributed by atoms with Crippen LogP contribution in [0.25, 0.3) is 0 Å². The maximum Gasteiger partial charge on any atom is 0.257 e. The van der Waals surface area contributed by atoms with Crippen molar-refractivity contribution in [3.63, 3.8) is 0 Å². The summed E-state index contributed by atoms with van der Waals surface area (Å²) in [6.45, 7) is 2.63. The average molecular weight is 425 g/mol. The zero-order valence-electron chi connectivity index (χ0n) is 16.2. The maximum absolute atomic E-state index is 12.6. The second kappa shape index (κ2) is 8.56. The van der Waals surface area contributed by atoms with Crippen LogP contribution in [0, 0.1) is 6.92 Å². The van der Waals surface area contributed by atoms with Gasteiger partial charge in [0.2, 0.25) is 0 Å². The molecule has 0 fully saturated rings. The van der Waals surface area contributed by atoms with Crippen molar-refractivity contribution < 1.29 is 4.79 Å². The van der Waals surface area contributed by atoms with Crippen LogP contribution in [-0.2, 0) is 19.4 Å². The molecule has 0 atom stereocenters. The van der Waals surface area contributed by atoms with Crippen LogP contribution in [-0.4, -0.2) is 21.1 Å². The van der Waals surface area contributed by atoms with Crippen molar-refractivity contribution in [2.24, 2.45) is 0 Å². The van der Waals surface area contributed by atoms with Gasteiger partial charge >= 0.3 is 0 Å². The molecule has 1 aromatic heterocycles. The number of ketones is 1. The Kier molecular flexibility index (Phi) is 5.88. The van der Waals surface area contributed by atoms with Crippen molar-refractivity contribution in [3.8, 4) is 0 Å². The van der Waals surface area contributed by atoms with Crippen molar-refractivity contribution in [2.75, 3.05) is 5.75 Å². The van der Waals surface area contributed by atoms with Crippen molar-refractivity contribution in [2.45, 2.75) is 37.9 Å². The van der Waals surface area contributed by atoms with E-state index in [-0.39, 0.29) is 11.3 Å². The first-order valence-electron chi connectivity index (χ1n) is 9.65. The van der Waals surface area contributed by atoms with Crippen LogP contribution >= 0.6 is 23.4 Å². The van der Waals surface area contributed by atoms with Gasteiger partial charge in [-0.1, -0.05) is 47.6 Å². The number of benzene rings is 2. The van der Waals surface area contributed by atoms with Gasteiger partial charge in [-0.3, -0.25) is 14.2 Å². The number of aryl methyl sites for hydroxylation is 2. The normalized spacial score (nSPS) is 13.2. The average Bonchev–Trinajstić information content (AvgIpc) is 2.76. The van der Waals surface area contributed by atoms with Gasteiger partial charge in [-0.25, -0.2) is 4.98 Å². The van der Waals surface area contributed by atoms with Gasteiger partial charge in [0.25, 0.3) is 5.56 Å². The van der Waals surface area contributed by atoms with Crippen LogP contribution < -0.4 is 5.56 Å². The zero-order valence-corrected chi connectivity index (χ0v) is 17.7. The fourth-order valence-electron chi connectivity index (χ4n) is 3.46. The lowest BCUT2D eigenvalue weighted by Gasteiger charge is -2.18. The number of carbonyl (C=O) groups is 1. The Morgan fingerprint density at radius 2 is 1.72 bits per heavy atom. The highest BCUT2D eigenvalue weighted by molar-refractivity contribution is 7.99. The number of carbonyl (C=O) groups excluding carboxylic acids is 1. The summed E-state index contributed by atoms with van der Waals surface area (Å²) in [5, 5.41) is 1.45. The fraction of sp³-hybridized carbons (Fsp3) is 0.261. The molecule has 0 N–H and O–H groups in total. The topological polar surface area (TPSA) is 52.0 Å². The third-order valence-corrected chi connectivity index (χ3v) is 6.51. The number of hydrogen-bond acceptors (Lipinski definition) is 4. The molecule has 0 aliphatic carbocycles. The molecule has 4 rings (SSSR count). The zero-order chi connectivity index (χ0) is 20.4. The molecule has 2 aromatic carbocycles. The first kappa shape index (κ1) is 19.9. The lowest BCUT2D eigenvalue weighted by Crippen LogP contribution is -2.29. The largest absolute Gasteiger partial charge is 0.289 e. The number of hydrogen-bond donors (Lipinski definition) is 0. The van der Waals surface area contributed by atoms with E-state index in [1.165, 1.54) is 0 Å². The Morgan fingerprint density at radius 3 is 2.41 bits per heavy atom. The molecule has 0 spiro atoms. The molecular weight excluding hydrogens is 404 g/mol. The third kappa shape index (κ3) is 4.31. The van der Waals surface area contributed by atoms with Gasteiger partial charge in [0.05, 0.1) is 5.69 Å². The van der Waals surface area contributed by atoms with Crippen molar-refractivity contribution in [1.29, 1.82) is 0 Å². The van der Waals surface area contributed by atoms with Crippen LogP contribution in [0.5, 0.6) is 0 Å². The number of rotatable bonds is 5. The summed E-state index contributed by atoms with van der Waals surface area (Å²) in [7, 11) is 0. The molecule has 6 heteroatoms. The highest BCUT2D eigenvalue weighted by Crippen LogP contribution is 2.22. The minimum absolute atomic E-state index is 0.0227. The van der Waals surface area contributed by atoms with Crippen molar-refractivity contribution in [1.82, 2.24) is 9.55 Å². The third-order valence-electron chi connectivity index (χ3n) is 5.19. The van der Waals surface area contributed by atoms with Gasteiger partial charge in [-0.05, 0) is 56.0 Å². The van der Waals surface area contributed by atoms with E-state index in [0.29, 0.717) is 22.6 Å². The number of nitrogens with zero attached hydrogens (tertiary/aromatic N) is 2. The second-order valence-electron chi connectivity index (χ2n) is 7.16. The number of halogens is 1. The number of aromatic nitrogens is 2. The summed E-state index contributed by atoms with van der Waals surface area (Å²) in [6, 6.07) is 14.6. The number of fused-ring (bicyclic) bond motifs is 1. The fourth-order valence-corrected chi connectivity index (χ4v) is 4.55. The highest BCUT2D eigenvalue weighted by atomic mass is 35.5. The molecule has 29 heavy (non-hydrogen) atoms. The summed E-state index contributed by atoms with van der Waals surface area (Å²) in [4.78, 5) is 29.9. The second-order valence-corrected chi connectivity index (χ2v) is 8.66. The summed E-state index contributed by atoms with van der Waals surface area (Å²) in [6.07, 6.45) is 2.50. The van der Waals surface area contributed by atoms with E-state index < -0.39 is 0 Å². The smallest absolute Gasteiger partial charge is 0.257 e. The molecule has 0 saturated heterocycles. The van der Waals surface area contributed by atoms with Gasteiger partial charge in [0.15, 0.2) is 10.9 Å². The molecule has 1 aliphatic rings. The van der Waals surface area contributed by atoms with Crippen LogP contribution in [0.1, 0.15) is 39.2 Å². The first-order valence-corrected chi connectivity index (χ1v) is 11.0. The quantitative estimate of drug-likeness (QED) is 0.439. The van der Waals surface area contributed by atoms with Crippen molar-refractivity contribution >= 4 is 29.1 Å². The predicted octanol–water partition coefficient (Wildman–Crippen LogP) is 4.72. The Morgan fingerprint density at radius 1 is 1.07 bits per heavy atom. The van der Waals surface area contributed by atoms with E-state index in [1.54, 1.807) is 40.6 Å². The monoisotopic (exact) mass is 424 g/mol. The molecule has 0 bridgehead atoms. The molecule has 0 unspecified atom stereocenters. The van der Waals surface area contributed by atoms with Crippen molar-refractivity contribution in [3.05, 3.63) is 91.9 Å². The molecule has 148 valence electrons. The standard InChI is InChI=1S/C23H21ClN2O2S/c1-15-20(25-23-26(22(15)28)13-2-14-29-23)12-5-16-3-6-17(7-4-16)21(27)18-8-10-19(24)11-9-18/h3-4,6-11H,2,5,12-14H2,1H3. The lowest BCUT2D eigenvalue weighted by molar-refractivity contribution is 0.103. The SMILES string of the molecule is Cc1c(CCc2ccc(C(=O)c3ccc(Cl)cc3)cc2)nc2n(c1=O)CCCS2. The molecule has 0 radical (unpaired) electrons. The van der Waals surface area contributed by atoms with E-state index in [9.17, 15) is 9.59 Å². The van der Waals surface area contributed by atoms with Gasteiger partial charge in [0, 0.05) is 34.0 Å². The minimum atomic E-state index is -0.0227. The lowest BCUT2D eigenvalue weighted by atomic mass is 10.00. The Labute approximate surface area is 178 Å². The van der Waals surface area contributed by atoms with E-state index in [1.807, 2.05) is 31.2 Å².